The van der Waals surface area contributed by atoms with Gasteiger partial charge in [0, 0.05) is 24.1 Å². The molecule has 0 radical (unpaired) electrons. The van der Waals surface area contributed by atoms with Crippen molar-refractivity contribution in [1.82, 2.24) is 0 Å². The highest BCUT2D eigenvalue weighted by Gasteiger charge is 2.16. The molecular formula is C23H25NO6. The minimum atomic E-state index is -0.603. The summed E-state index contributed by atoms with van der Waals surface area (Å²) in [4.78, 5) is 36.3. The quantitative estimate of drug-likeness (QED) is 0.553. The van der Waals surface area contributed by atoms with Gasteiger partial charge in [-0.3, -0.25) is 14.4 Å². The molecule has 1 amide bonds. The van der Waals surface area contributed by atoms with E-state index in [-0.39, 0.29) is 18.6 Å². The van der Waals surface area contributed by atoms with E-state index in [4.69, 9.17) is 14.2 Å². The highest BCUT2D eigenvalue weighted by atomic mass is 16.5. The Labute approximate surface area is 175 Å². The van der Waals surface area contributed by atoms with Crippen molar-refractivity contribution in [2.45, 2.75) is 33.1 Å². The van der Waals surface area contributed by atoms with Gasteiger partial charge < -0.3 is 19.5 Å². The summed E-state index contributed by atoms with van der Waals surface area (Å²) in [5, 5.41) is 2.72. The number of anilines is 1. The lowest BCUT2D eigenvalue weighted by Crippen LogP contribution is -2.21. The molecule has 0 fully saturated rings. The fourth-order valence-corrected chi connectivity index (χ4v) is 2.99. The molecule has 0 aromatic heterocycles. The molecule has 7 nitrogen and oxygen atoms in total. The summed E-state index contributed by atoms with van der Waals surface area (Å²) in [6.45, 7) is 4.56. The number of Topliss-reactive ketones (excluding diaryl/α,β-unsaturated/α-hetero) is 1. The number of rotatable bonds is 7. The Hall–Kier alpha value is -3.35. The topological polar surface area (TPSA) is 90.9 Å². The fraction of sp³-hybridized carbons (Fsp3) is 0.348. The van der Waals surface area contributed by atoms with Gasteiger partial charge in [-0.1, -0.05) is 12.1 Å². The number of esters is 1. The van der Waals surface area contributed by atoms with E-state index in [2.05, 4.69) is 5.32 Å². The van der Waals surface area contributed by atoms with Crippen molar-refractivity contribution >= 4 is 23.3 Å². The Balaban J connectivity index is 1.45. The van der Waals surface area contributed by atoms with Crippen LogP contribution in [-0.2, 0) is 14.3 Å². The number of ether oxygens (including phenoxy) is 3. The summed E-state index contributed by atoms with van der Waals surface area (Å²) in [6.07, 6.45) is 0.655. The van der Waals surface area contributed by atoms with Crippen molar-refractivity contribution in [3.8, 4) is 11.5 Å². The second kappa shape index (κ2) is 9.91. The number of nitrogens with one attached hydrogen (secondary N) is 1. The van der Waals surface area contributed by atoms with Crippen molar-refractivity contribution < 1.29 is 28.6 Å². The van der Waals surface area contributed by atoms with Crippen molar-refractivity contribution in [2.24, 2.45) is 0 Å². The molecule has 0 saturated heterocycles. The predicted octanol–water partition coefficient (Wildman–Crippen LogP) is 3.61. The molecular weight excluding hydrogens is 386 g/mol. The van der Waals surface area contributed by atoms with E-state index in [1.807, 2.05) is 26.0 Å². The monoisotopic (exact) mass is 411 g/mol. The molecule has 158 valence electrons. The van der Waals surface area contributed by atoms with Crippen molar-refractivity contribution in [2.75, 3.05) is 25.1 Å². The van der Waals surface area contributed by atoms with Gasteiger partial charge in [0.2, 0.25) is 0 Å². The highest BCUT2D eigenvalue weighted by Crippen LogP contribution is 2.30. The molecule has 0 unspecified atom stereocenters. The molecule has 1 aliphatic heterocycles. The molecule has 30 heavy (non-hydrogen) atoms. The maximum atomic E-state index is 12.4. The van der Waals surface area contributed by atoms with E-state index in [9.17, 15) is 14.4 Å². The van der Waals surface area contributed by atoms with Gasteiger partial charge in [0.15, 0.2) is 23.9 Å². The first-order chi connectivity index (χ1) is 14.4. The number of fused-ring (bicyclic) bond motifs is 1. The van der Waals surface area contributed by atoms with Crippen LogP contribution in [0.4, 0.5) is 5.69 Å². The molecule has 1 N–H and O–H groups in total. The van der Waals surface area contributed by atoms with E-state index >= 15 is 0 Å². The van der Waals surface area contributed by atoms with E-state index in [0.29, 0.717) is 36.0 Å². The first-order valence-electron chi connectivity index (χ1n) is 9.88. The van der Waals surface area contributed by atoms with E-state index in [1.165, 1.54) is 0 Å². The fourth-order valence-electron chi connectivity index (χ4n) is 2.99. The van der Waals surface area contributed by atoms with Crippen molar-refractivity contribution in [1.29, 1.82) is 0 Å². The molecule has 3 rings (SSSR count). The minimum Gasteiger partial charge on any atom is -0.490 e. The number of carbonyl (C=O) groups is 3. The van der Waals surface area contributed by atoms with Crippen LogP contribution in [0.25, 0.3) is 0 Å². The molecule has 2 aromatic rings. The van der Waals surface area contributed by atoms with Gasteiger partial charge in [0.1, 0.15) is 0 Å². The molecule has 1 aliphatic rings. The van der Waals surface area contributed by atoms with Crippen LogP contribution in [0.5, 0.6) is 11.5 Å². The van der Waals surface area contributed by atoms with E-state index < -0.39 is 18.5 Å². The standard InChI is InChI=1S/C23H25NO6/c1-15-5-3-6-18(16(15)2)24-22(26)14-30-23(27)10-8-19(25)17-7-9-20-21(13-17)29-12-4-11-28-20/h3,5-7,9,13H,4,8,10-12,14H2,1-2H3,(H,24,26). The molecule has 0 bridgehead atoms. The maximum absolute atomic E-state index is 12.4. The van der Waals surface area contributed by atoms with Crippen LogP contribution >= 0.6 is 0 Å². The van der Waals surface area contributed by atoms with Gasteiger partial charge in [0.05, 0.1) is 19.6 Å². The predicted molar refractivity (Wildman–Crippen MR) is 111 cm³/mol. The van der Waals surface area contributed by atoms with Crippen LogP contribution in [0.15, 0.2) is 36.4 Å². The van der Waals surface area contributed by atoms with Crippen LogP contribution in [0, 0.1) is 13.8 Å². The molecule has 0 saturated carbocycles. The molecule has 1 heterocycles. The second-order valence-corrected chi connectivity index (χ2v) is 7.09. The lowest BCUT2D eigenvalue weighted by atomic mass is 10.1. The zero-order valence-corrected chi connectivity index (χ0v) is 17.2. The number of carbonyl (C=O) groups excluding carboxylic acids is 3. The largest absolute Gasteiger partial charge is 0.490 e. The lowest BCUT2D eigenvalue weighted by Gasteiger charge is -2.11. The molecule has 2 aromatic carbocycles. The minimum absolute atomic E-state index is 0.0168. The van der Waals surface area contributed by atoms with Gasteiger partial charge in [-0.05, 0) is 49.2 Å². The lowest BCUT2D eigenvalue weighted by molar-refractivity contribution is -0.147. The number of hydrogen-bond acceptors (Lipinski definition) is 6. The third-order valence-corrected chi connectivity index (χ3v) is 4.87. The zero-order valence-electron chi connectivity index (χ0n) is 17.2. The number of benzene rings is 2. The Kier molecular flexibility index (Phi) is 7.06. The average molecular weight is 411 g/mol. The van der Waals surface area contributed by atoms with E-state index in [0.717, 1.165) is 17.5 Å². The third-order valence-electron chi connectivity index (χ3n) is 4.87. The molecule has 7 heteroatoms. The van der Waals surface area contributed by atoms with Crippen LogP contribution in [0.3, 0.4) is 0 Å². The Morgan fingerprint density at radius 3 is 2.57 bits per heavy atom. The van der Waals surface area contributed by atoms with Gasteiger partial charge in [-0.25, -0.2) is 0 Å². The number of hydrogen-bond donors (Lipinski definition) is 1. The summed E-state index contributed by atoms with van der Waals surface area (Å²) in [5.74, 6) is -0.0927. The molecule has 0 atom stereocenters. The van der Waals surface area contributed by atoms with E-state index in [1.54, 1.807) is 24.3 Å². The van der Waals surface area contributed by atoms with Crippen LogP contribution in [0.2, 0.25) is 0 Å². The zero-order chi connectivity index (χ0) is 21.5. The summed E-state index contributed by atoms with van der Waals surface area (Å²) in [7, 11) is 0. The highest BCUT2D eigenvalue weighted by molar-refractivity contribution is 5.98. The first-order valence-corrected chi connectivity index (χ1v) is 9.88. The third kappa shape index (κ3) is 5.59. The van der Waals surface area contributed by atoms with Gasteiger partial charge in [0.25, 0.3) is 5.91 Å². The number of aryl methyl sites for hydroxylation is 1. The van der Waals surface area contributed by atoms with Gasteiger partial charge >= 0.3 is 5.97 Å². The Bertz CT molecular complexity index is 953. The van der Waals surface area contributed by atoms with Gasteiger partial charge in [-0.2, -0.15) is 0 Å². The maximum Gasteiger partial charge on any atom is 0.306 e. The Morgan fingerprint density at radius 1 is 1.00 bits per heavy atom. The summed E-state index contributed by atoms with van der Waals surface area (Å²) < 4.78 is 16.1. The van der Waals surface area contributed by atoms with Crippen LogP contribution in [-0.4, -0.2) is 37.5 Å². The summed E-state index contributed by atoms with van der Waals surface area (Å²) in [5.41, 5.74) is 3.14. The second-order valence-electron chi connectivity index (χ2n) is 7.09. The molecule has 0 aliphatic carbocycles. The SMILES string of the molecule is Cc1cccc(NC(=O)COC(=O)CCC(=O)c2ccc3c(c2)OCCCO3)c1C. The van der Waals surface area contributed by atoms with Crippen molar-refractivity contribution in [3.05, 3.63) is 53.1 Å². The average Bonchev–Trinajstić information content (AvgIpc) is 2.98. The van der Waals surface area contributed by atoms with Crippen LogP contribution < -0.4 is 14.8 Å². The molecule has 0 spiro atoms. The first kappa shape index (κ1) is 21.4. The number of ketones is 1. The normalized spacial score (nSPS) is 12.6. The van der Waals surface area contributed by atoms with Gasteiger partial charge in [-0.15, -0.1) is 0 Å². The number of amides is 1. The summed E-state index contributed by atoms with van der Waals surface area (Å²) in [6, 6.07) is 10.6. The summed E-state index contributed by atoms with van der Waals surface area (Å²) >= 11 is 0. The van der Waals surface area contributed by atoms with Crippen LogP contribution in [0.1, 0.15) is 40.7 Å². The van der Waals surface area contributed by atoms with Crippen molar-refractivity contribution in [3.63, 3.8) is 0 Å². The smallest absolute Gasteiger partial charge is 0.306 e. The Morgan fingerprint density at radius 2 is 1.77 bits per heavy atom.